The molecule has 0 saturated heterocycles. The number of H-pyrrole nitrogens is 1. The maximum Gasteiger partial charge on any atom is 0.434 e. The van der Waals surface area contributed by atoms with Crippen LogP contribution in [0.2, 0.25) is 5.02 Å². The number of aromatic nitrogens is 4. The van der Waals surface area contributed by atoms with E-state index in [1.807, 2.05) is 25.1 Å². The highest BCUT2D eigenvalue weighted by molar-refractivity contribution is 6.34. The van der Waals surface area contributed by atoms with Gasteiger partial charge in [-0.1, -0.05) is 42.6 Å². The first-order chi connectivity index (χ1) is 12.3. The van der Waals surface area contributed by atoms with Crippen molar-refractivity contribution in [1.29, 1.82) is 0 Å². The van der Waals surface area contributed by atoms with E-state index in [1.165, 1.54) is 0 Å². The second kappa shape index (κ2) is 7.19. The van der Waals surface area contributed by atoms with Gasteiger partial charge in [0.25, 0.3) is 0 Å². The van der Waals surface area contributed by atoms with Crippen LogP contribution in [0.4, 0.5) is 13.2 Å². The lowest BCUT2D eigenvalue weighted by Gasteiger charge is -2.11. The van der Waals surface area contributed by atoms with Crippen molar-refractivity contribution in [1.82, 2.24) is 19.8 Å². The zero-order chi connectivity index (χ0) is 18.9. The summed E-state index contributed by atoms with van der Waals surface area (Å²) in [4.78, 5) is 4.14. The van der Waals surface area contributed by atoms with Gasteiger partial charge in [-0.3, -0.25) is 5.10 Å². The first-order valence-electron chi connectivity index (χ1n) is 8.22. The van der Waals surface area contributed by atoms with Crippen LogP contribution in [0.1, 0.15) is 42.4 Å². The number of nitrogens with one attached hydrogen (secondary N) is 1. The van der Waals surface area contributed by atoms with Gasteiger partial charge in [0.1, 0.15) is 10.8 Å². The molecule has 1 N–H and O–H groups in total. The molecule has 140 valence electrons. The Morgan fingerprint density at radius 1 is 1.31 bits per heavy atom. The van der Waals surface area contributed by atoms with Gasteiger partial charge in [-0.15, -0.1) is 5.10 Å². The summed E-state index contributed by atoms with van der Waals surface area (Å²) in [5, 5.41) is 5.73. The average Bonchev–Trinajstić information content (AvgIpc) is 3.08. The van der Waals surface area contributed by atoms with E-state index in [1.54, 1.807) is 0 Å². The molecular formula is C17H18ClF3N4O. The third-order valence-corrected chi connectivity index (χ3v) is 4.25. The van der Waals surface area contributed by atoms with E-state index in [0.717, 1.165) is 34.3 Å². The lowest BCUT2D eigenvalue weighted by molar-refractivity contribution is -0.141. The summed E-state index contributed by atoms with van der Waals surface area (Å²) >= 11 is 5.80. The van der Waals surface area contributed by atoms with Crippen molar-refractivity contribution in [3.05, 3.63) is 45.9 Å². The molecule has 26 heavy (non-hydrogen) atoms. The molecule has 0 amide bonds. The number of hydrogen-bond acceptors (Lipinski definition) is 3. The fraction of sp³-hybridized carbons (Fsp3) is 0.412. The Kier molecular flexibility index (Phi) is 5.13. The van der Waals surface area contributed by atoms with Crippen molar-refractivity contribution in [3.63, 3.8) is 0 Å². The molecular weight excluding hydrogens is 369 g/mol. The van der Waals surface area contributed by atoms with Gasteiger partial charge in [-0.2, -0.15) is 17.8 Å². The standard InChI is InChI=1S/C17H18ClF3N4O/c1-3-4-7-26-12-6-5-10(2)8-11(12)9-13-22-16-14(18)15(17(19,20)21)24-25(16)23-13/h5-6,8,24H,3-4,7,9H2,1-2H3. The first-order valence-corrected chi connectivity index (χ1v) is 8.60. The van der Waals surface area contributed by atoms with Crippen LogP contribution in [-0.4, -0.2) is 26.4 Å². The van der Waals surface area contributed by atoms with Crippen LogP contribution in [0.3, 0.4) is 0 Å². The van der Waals surface area contributed by atoms with E-state index in [0.29, 0.717) is 18.9 Å². The molecule has 0 radical (unpaired) electrons. The molecule has 1 aromatic carbocycles. The lowest BCUT2D eigenvalue weighted by atomic mass is 10.1. The van der Waals surface area contributed by atoms with Gasteiger partial charge in [0.05, 0.1) is 6.61 Å². The van der Waals surface area contributed by atoms with Crippen LogP contribution in [0, 0.1) is 6.92 Å². The number of hydrogen-bond donors (Lipinski definition) is 1. The first kappa shape index (κ1) is 18.6. The summed E-state index contributed by atoms with van der Waals surface area (Å²) in [6.45, 7) is 4.64. The molecule has 0 aliphatic carbocycles. The van der Waals surface area contributed by atoms with Gasteiger partial charge in [-0.25, -0.2) is 4.98 Å². The van der Waals surface area contributed by atoms with Crippen molar-refractivity contribution in [3.8, 4) is 5.75 Å². The number of halogens is 4. The normalized spacial score (nSPS) is 12.1. The number of alkyl halides is 3. The second-order valence-corrected chi connectivity index (χ2v) is 6.43. The van der Waals surface area contributed by atoms with Gasteiger partial charge in [0, 0.05) is 12.0 Å². The molecule has 0 aliphatic rings. The smallest absolute Gasteiger partial charge is 0.434 e. The van der Waals surface area contributed by atoms with Crippen molar-refractivity contribution in [2.24, 2.45) is 0 Å². The minimum Gasteiger partial charge on any atom is -0.493 e. The third kappa shape index (κ3) is 3.80. The monoisotopic (exact) mass is 386 g/mol. The van der Waals surface area contributed by atoms with E-state index in [9.17, 15) is 13.2 Å². The minimum absolute atomic E-state index is 0.0462. The minimum atomic E-state index is -4.59. The van der Waals surface area contributed by atoms with E-state index in [2.05, 4.69) is 22.1 Å². The fourth-order valence-corrected chi connectivity index (χ4v) is 2.86. The fourth-order valence-electron chi connectivity index (χ4n) is 2.59. The Hall–Kier alpha value is -2.22. The number of aromatic amines is 1. The Labute approximate surface area is 153 Å². The quantitative estimate of drug-likeness (QED) is 0.619. The van der Waals surface area contributed by atoms with Crippen LogP contribution in [0.5, 0.6) is 5.75 Å². The Bertz CT molecular complexity index is 917. The van der Waals surface area contributed by atoms with Gasteiger partial charge in [-0.05, 0) is 19.4 Å². The predicted molar refractivity (Wildman–Crippen MR) is 91.7 cm³/mol. The molecule has 0 bridgehead atoms. The van der Waals surface area contributed by atoms with Crippen LogP contribution in [0.15, 0.2) is 18.2 Å². The summed E-state index contributed by atoms with van der Waals surface area (Å²) in [5.41, 5.74) is 0.821. The van der Waals surface area contributed by atoms with Gasteiger partial charge in [0.15, 0.2) is 17.2 Å². The highest BCUT2D eigenvalue weighted by Gasteiger charge is 2.37. The number of ether oxygens (including phenoxy) is 1. The van der Waals surface area contributed by atoms with Gasteiger partial charge in [0.2, 0.25) is 0 Å². The summed E-state index contributed by atoms with van der Waals surface area (Å²) in [5.74, 6) is 1.09. The molecule has 0 aliphatic heterocycles. The van der Waals surface area contributed by atoms with Gasteiger partial charge >= 0.3 is 6.18 Å². The number of rotatable bonds is 6. The summed E-state index contributed by atoms with van der Waals surface area (Å²) in [7, 11) is 0. The molecule has 3 aromatic rings. The maximum absolute atomic E-state index is 12.9. The van der Waals surface area contributed by atoms with E-state index < -0.39 is 16.9 Å². The molecule has 2 heterocycles. The number of fused-ring (bicyclic) bond motifs is 1. The Balaban J connectivity index is 1.88. The van der Waals surface area contributed by atoms with Crippen LogP contribution < -0.4 is 4.74 Å². The number of unbranched alkanes of at least 4 members (excludes halogenated alkanes) is 1. The topological polar surface area (TPSA) is 55.2 Å². The second-order valence-electron chi connectivity index (χ2n) is 6.05. The zero-order valence-electron chi connectivity index (χ0n) is 14.3. The number of benzene rings is 1. The van der Waals surface area contributed by atoms with Crippen molar-refractivity contribution < 1.29 is 17.9 Å². The number of nitrogens with zero attached hydrogens (tertiary/aromatic N) is 3. The Morgan fingerprint density at radius 3 is 2.73 bits per heavy atom. The van der Waals surface area contributed by atoms with Crippen LogP contribution >= 0.6 is 11.6 Å². The molecule has 3 rings (SSSR count). The van der Waals surface area contributed by atoms with Crippen molar-refractivity contribution in [2.75, 3.05) is 6.61 Å². The molecule has 0 atom stereocenters. The van der Waals surface area contributed by atoms with Crippen molar-refractivity contribution in [2.45, 2.75) is 39.3 Å². The molecule has 0 unspecified atom stereocenters. The SMILES string of the molecule is CCCCOc1ccc(C)cc1Cc1nc2c(Cl)c(C(F)(F)F)[nH]n2n1. The van der Waals surface area contributed by atoms with Crippen LogP contribution in [0.25, 0.3) is 5.65 Å². The van der Waals surface area contributed by atoms with Gasteiger partial charge < -0.3 is 4.74 Å². The summed E-state index contributed by atoms with van der Waals surface area (Å²) in [6.07, 6.45) is -2.30. The Morgan fingerprint density at radius 2 is 2.08 bits per heavy atom. The molecule has 0 fully saturated rings. The highest BCUT2D eigenvalue weighted by Crippen LogP contribution is 2.35. The van der Waals surface area contributed by atoms with E-state index in [4.69, 9.17) is 16.3 Å². The lowest BCUT2D eigenvalue weighted by Crippen LogP contribution is -2.07. The number of aryl methyl sites for hydroxylation is 1. The maximum atomic E-state index is 12.9. The van der Waals surface area contributed by atoms with E-state index >= 15 is 0 Å². The molecule has 0 saturated carbocycles. The molecule has 9 heteroatoms. The largest absolute Gasteiger partial charge is 0.493 e. The van der Waals surface area contributed by atoms with Crippen molar-refractivity contribution >= 4 is 17.2 Å². The summed E-state index contributed by atoms with van der Waals surface area (Å²) < 4.78 is 45.3. The molecule has 0 spiro atoms. The van der Waals surface area contributed by atoms with Crippen LogP contribution in [-0.2, 0) is 12.6 Å². The van der Waals surface area contributed by atoms with E-state index in [-0.39, 0.29) is 5.65 Å². The molecule has 5 nitrogen and oxygen atoms in total. The summed E-state index contributed by atoms with van der Waals surface area (Å²) in [6, 6.07) is 5.79. The predicted octanol–water partition coefficient (Wildman–Crippen LogP) is 4.81. The highest BCUT2D eigenvalue weighted by atomic mass is 35.5. The zero-order valence-corrected chi connectivity index (χ0v) is 15.1. The third-order valence-electron chi connectivity index (χ3n) is 3.89. The average molecular weight is 387 g/mol. The molecule has 2 aromatic heterocycles.